The van der Waals surface area contributed by atoms with Gasteiger partial charge in [0.2, 0.25) is 5.91 Å². The number of halogens is 1. The Kier molecular flexibility index (Phi) is 5.38. The summed E-state index contributed by atoms with van der Waals surface area (Å²) in [5.74, 6) is -1.85. The van der Waals surface area contributed by atoms with Crippen molar-refractivity contribution in [1.82, 2.24) is 0 Å². The predicted molar refractivity (Wildman–Crippen MR) is 140 cm³/mol. The van der Waals surface area contributed by atoms with Crippen molar-refractivity contribution in [2.24, 2.45) is 5.92 Å². The van der Waals surface area contributed by atoms with Gasteiger partial charge >= 0.3 is 0 Å². The highest BCUT2D eigenvalue weighted by Crippen LogP contribution is 2.58. The Balaban J connectivity index is 1.66. The molecule has 38 heavy (non-hydrogen) atoms. The molecule has 0 radical (unpaired) electrons. The van der Waals surface area contributed by atoms with E-state index < -0.39 is 35.0 Å². The van der Waals surface area contributed by atoms with E-state index in [4.69, 9.17) is 9.47 Å². The number of rotatable bonds is 5. The number of hydrogen-bond donors (Lipinski definition) is 1. The van der Waals surface area contributed by atoms with Gasteiger partial charge in [0.25, 0.3) is 0 Å². The van der Waals surface area contributed by atoms with Crippen molar-refractivity contribution in [3.05, 3.63) is 89.2 Å². The average molecular weight is 513 g/mol. The molecule has 1 amide bonds. The summed E-state index contributed by atoms with van der Waals surface area (Å²) in [5, 5.41) is 2.96. The van der Waals surface area contributed by atoms with E-state index in [2.05, 4.69) is 5.32 Å². The second-order valence-electron chi connectivity index (χ2n) is 9.75. The molecule has 0 aromatic heterocycles. The van der Waals surface area contributed by atoms with E-state index in [0.29, 0.717) is 34.0 Å². The number of amides is 1. The van der Waals surface area contributed by atoms with Gasteiger partial charge in [0.05, 0.1) is 37.8 Å². The molecule has 3 aromatic rings. The number of nitrogens with one attached hydrogen (secondary N) is 1. The van der Waals surface area contributed by atoms with Crippen LogP contribution in [0.4, 0.5) is 15.8 Å². The van der Waals surface area contributed by atoms with Gasteiger partial charge in [-0.1, -0.05) is 30.4 Å². The third-order valence-electron chi connectivity index (χ3n) is 7.97. The third kappa shape index (κ3) is 3.09. The first-order valence-electron chi connectivity index (χ1n) is 12.3. The van der Waals surface area contributed by atoms with Crippen molar-refractivity contribution in [2.45, 2.75) is 24.4 Å². The summed E-state index contributed by atoms with van der Waals surface area (Å²) in [6.07, 6.45) is 3.56. The third-order valence-corrected chi connectivity index (χ3v) is 7.97. The molecule has 3 heterocycles. The highest BCUT2D eigenvalue weighted by Gasteiger charge is 2.70. The van der Waals surface area contributed by atoms with Gasteiger partial charge in [0, 0.05) is 16.9 Å². The van der Waals surface area contributed by atoms with Crippen LogP contribution in [0, 0.1) is 11.7 Å². The number of ether oxygens (including phenoxy) is 2. The number of anilines is 2. The van der Waals surface area contributed by atoms with E-state index in [9.17, 15) is 18.8 Å². The Morgan fingerprint density at radius 3 is 2.55 bits per heavy atom. The van der Waals surface area contributed by atoms with Crippen LogP contribution in [-0.4, -0.2) is 43.8 Å². The summed E-state index contributed by atoms with van der Waals surface area (Å²) in [6.45, 7) is 1.42. The molecule has 0 bridgehead atoms. The van der Waals surface area contributed by atoms with Gasteiger partial charge in [0.15, 0.2) is 11.6 Å². The number of fused-ring (bicyclic) bond motifs is 6. The molecule has 6 rings (SSSR count). The number of Topliss-reactive ketones (excluding diaryl/α,β-unsaturated/α-hetero) is 2. The van der Waals surface area contributed by atoms with Crippen LogP contribution in [0.1, 0.15) is 28.4 Å². The summed E-state index contributed by atoms with van der Waals surface area (Å²) in [7, 11) is 2.95. The van der Waals surface area contributed by atoms with Crippen molar-refractivity contribution >= 4 is 34.9 Å². The van der Waals surface area contributed by atoms with Crippen LogP contribution in [0.5, 0.6) is 11.5 Å². The summed E-state index contributed by atoms with van der Waals surface area (Å²) < 4.78 is 25.1. The normalized spacial score (nSPS) is 24.5. The Hall–Kier alpha value is -4.46. The molecule has 3 aromatic carbocycles. The maximum absolute atomic E-state index is 14.7. The predicted octanol–water partition coefficient (Wildman–Crippen LogP) is 4.41. The second kappa shape index (κ2) is 8.55. The summed E-state index contributed by atoms with van der Waals surface area (Å²) in [6, 6.07) is 14.7. The lowest BCUT2D eigenvalue weighted by Gasteiger charge is -2.37. The van der Waals surface area contributed by atoms with Crippen molar-refractivity contribution in [3.63, 3.8) is 0 Å². The first-order chi connectivity index (χ1) is 18.3. The van der Waals surface area contributed by atoms with Gasteiger partial charge in [-0.3, -0.25) is 14.4 Å². The van der Waals surface area contributed by atoms with Crippen molar-refractivity contribution in [1.29, 1.82) is 0 Å². The zero-order chi connectivity index (χ0) is 26.8. The Morgan fingerprint density at radius 2 is 1.82 bits per heavy atom. The maximum atomic E-state index is 14.7. The average Bonchev–Trinajstić information content (AvgIpc) is 3.40. The molecule has 3 aliphatic heterocycles. The zero-order valence-electron chi connectivity index (χ0n) is 21.0. The van der Waals surface area contributed by atoms with Gasteiger partial charge in [-0.15, -0.1) is 0 Å². The van der Waals surface area contributed by atoms with Crippen LogP contribution in [-0.2, 0) is 15.0 Å². The van der Waals surface area contributed by atoms with E-state index in [1.165, 1.54) is 33.3 Å². The Bertz CT molecular complexity index is 1550. The zero-order valence-corrected chi connectivity index (χ0v) is 21.0. The lowest BCUT2D eigenvalue weighted by atomic mass is 9.64. The first-order valence-corrected chi connectivity index (χ1v) is 12.3. The van der Waals surface area contributed by atoms with Crippen LogP contribution < -0.4 is 19.7 Å². The number of para-hydroxylation sites is 1. The number of carbonyl (C=O) groups excluding carboxylic acids is 3. The van der Waals surface area contributed by atoms with Gasteiger partial charge in [-0.25, -0.2) is 4.39 Å². The molecular weight excluding hydrogens is 487 g/mol. The van der Waals surface area contributed by atoms with E-state index >= 15 is 0 Å². The Morgan fingerprint density at radius 1 is 1.03 bits per heavy atom. The Labute approximate surface area is 218 Å². The highest BCUT2D eigenvalue weighted by molar-refractivity contribution is 6.17. The van der Waals surface area contributed by atoms with Crippen molar-refractivity contribution in [3.8, 4) is 11.5 Å². The molecule has 4 atom stereocenters. The number of ketones is 2. The fourth-order valence-electron chi connectivity index (χ4n) is 6.48. The molecule has 1 N–H and O–H groups in total. The molecule has 1 spiro atoms. The highest BCUT2D eigenvalue weighted by atomic mass is 19.1. The summed E-state index contributed by atoms with van der Waals surface area (Å²) in [5.41, 5.74) is 1.17. The molecular formula is C30H25FN2O5. The number of carbonyl (C=O) groups is 3. The van der Waals surface area contributed by atoms with Crippen LogP contribution >= 0.6 is 0 Å². The van der Waals surface area contributed by atoms with Crippen LogP contribution in [0.15, 0.2) is 66.7 Å². The minimum Gasteiger partial charge on any atom is -0.497 e. The number of hydrogen-bond acceptors (Lipinski definition) is 6. The van der Waals surface area contributed by atoms with Gasteiger partial charge in [0.1, 0.15) is 22.7 Å². The van der Waals surface area contributed by atoms with Crippen LogP contribution in [0.25, 0.3) is 6.08 Å². The first kappa shape index (κ1) is 23.9. The molecule has 192 valence electrons. The van der Waals surface area contributed by atoms with E-state index in [1.807, 2.05) is 23.1 Å². The minimum absolute atomic E-state index is 0.211. The maximum Gasteiger partial charge on any atom is 0.238 e. The molecule has 1 fully saturated rings. The molecule has 7 nitrogen and oxygen atoms in total. The van der Waals surface area contributed by atoms with Crippen LogP contribution in [0.2, 0.25) is 0 Å². The molecule has 3 aliphatic rings. The van der Waals surface area contributed by atoms with E-state index in [0.717, 1.165) is 0 Å². The largest absolute Gasteiger partial charge is 0.497 e. The number of methoxy groups -OCH3 is 2. The topological polar surface area (TPSA) is 84.9 Å². The van der Waals surface area contributed by atoms with E-state index in [1.54, 1.807) is 42.5 Å². The molecule has 0 unspecified atom stereocenters. The molecule has 1 saturated heterocycles. The van der Waals surface area contributed by atoms with Gasteiger partial charge in [-0.05, 0) is 55.0 Å². The quantitative estimate of drug-likeness (QED) is 0.510. The standard InChI is InChI=1S/C30H25FN2O5/c1-16(34)27-26(28(35)20-15-19(37-2)10-12-24(20)38-3)30(21-6-4-5-7-22(21)32-29(30)36)25-13-8-17-14-18(31)9-11-23(17)33(25)27/h4-15,25-27H,1-3H3,(H,32,36)/t25-,26-,27+,30-/m1/s1. The van der Waals surface area contributed by atoms with E-state index in [-0.39, 0.29) is 17.3 Å². The van der Waals surface area contributed by atoms with Crippen molar-refractivity contribution in [2.75, 3.05) is 24.4 Å². The fraction of sp³-hybridized carbons (Fsp3) is 0.233. The molecule has 0 saturated carbocycles. The summed E-state index contributed by atoms with van der Waals surface area (Å²) in [4.78, 5) is 44.1. The van der Waals surface area contributed by atoms with Gasteiger partial charge in [-0.2, -0.15) is 0 Å². The molecule has 0 aliphatic carbocycles. The number of benzene rings is 3. The fourth-order valence-corrected chi connectivity index (χ4v) is 6.48. The smallest absolute Gasteiger partial charge is 0.238 e. The van der Waals surface area contributed by atoms with Crippen molar-refractivity contribution < 1.29 is 28.2 Å². The molecule has 8 heteroatoms. The lowest BCUT2D eigenvalue weighted by molar-refractivity contribution is -0.122. The minimum atomic E-state index is -1.43. The summed E-state index contributed by atoms with van der Waals surface area (Å²) >= 11 is 0. The monoisotopic (exact) mass is 512 g/mol. The lowest BCUT2D eigenvalue weighted by Crippen LogP contribution is -2.51. The number of nitrogens with zero attached hydrogens (tertiary/aromatic N) is 1. The second-order valence-corrected chi connectivity index (χ2v) is 9.75. The SMILES string of the molecule is COc1ccc(OC)c(C(=O)[C@H]2[C@H](C(C)=O)N3c4ccc(F)cc4C=C[C@@H]3[C@@]23C(=O)Nc2ccccc23)c1. The van der Waals surface area contributed by atoms with Gasteiger partial charge < -0.3 is 19.7 Å². The van der Waals surface area contributed by atoms with Crippen LogP contribution in [0.3, 0.4) is 0 Å².